The van der Waals surface area contributed by atoms with Gasteiger partial charge in [-0.05, 0) is 68.1 Å². The van der Waals surface area contributed by atoms with E-state index < -0.39 is 6.10 Å². The number of anilines is 3. The molecule has 0 unspecified atom stereocenters. The first kappa shape index (κ1) is 22.5. The minimum Gasteiger partial charge on any atom is -0.457 e. The van der Waals surface area contributed by atoms with Gasteiger partial charge in [-0.2, -0.15) is 0 Å². The van der Waals surface area contributed by atoms with Gasteiger partial charge >= 0.3 is 6.03 Å². The Labute approximate surface area is 211 Å². The Balaban J connectivity index is 1.30. The van der Waals surface area contributed by atoms with Gasteiger partial charge in [-0.1, -0.05) is 18.2 Å². The molecule has 8 nitrogen and oxygen atoms in total. The van der Waals surface area contributed by atoms with E-state index in [1.807, 2.05) is 54.6 Å². The fraction of sp³-hybridized carbons (Fsp3) is 0.222. The van der Waals surface area contributed by atoms with E-state index in [0.717, 1.165) is 30.4 Å². The molecule has 3 heterocycles. The number of thiophene rings is 1. The Morgan fingerprint density at radius 3 is 2.64 bits per heavy atom. The number of ether oxygens (including phenoxy) is 1. The number of nitrogens with zero attached hydrogens (tertiary/aromatic N) is 2. The van der Waals surface area contributed by atoms with Gasteiger partial charge in [0, 0.05) is 12.2 Å². The van der Waals surface area contributed by atoms with Crippen molar-refractivity contribution in [1.82, 2.24) is 10.3 Å². The van der Waals surface area contributed by atoms with Gasteiger partial charge in [-0.15, -0.1) is 11.3 Å². The van der Waals surface area contributed by atoms with Crippen LogP contribution in [0.25, 0.3) is 10.2 Å². The van der Waals surface area contributed by atoms with E-state index in [9.17, 15) is 14.7 Å². The van der Waals surface area contributed by atoms with Crippen molar-refractivity contribution in [1.29, 1.82) is 0 Å². The predicted molar refractivity (Wildman–Crippen MR) is 139 cm³/mol. The number of aliphatic hydroxyl groups excluding tert-OH is 1. The first-order valence-corrected chi connectivity index (χ1v) is 12.7. The van der Waals surface area contributed by atoms with Crippen molar-refractivity contribution in [3.05, 3.63) is 71.7 Å². The topological polar surface area (TPSA) is 104 Å². The molecule has 1 saturated carbocycles. The molecule has 2 aliphatic rings. The summed E-state index contributed by atoms with van der Waals surface area (Å²) in [6, 6.07) is 18.1. The van der Waals surface area contributed by atoms with Gasteiger partial charge in [0.2, 0.25) is 0 Å². The molecule has 2 aromatic heterocycles. The van der Waals surface area contributed by atoms with Gasteiger partial charge < -0.3 is 20.5 Å². The molecule has 0 saturated heterocycles. The average molecular weight is 501 g/mol. The highest BCUT2D eigenvalue weighted by Crippen LogP contribution is 2.46. The van der Waals surface area contributed by atoms with Crippen LogP contribution in [-0.2, 0) is 0 Å². The summed E-state index contributed by atoms with van der Waals surface area (Å²) in [4.78, 5) is 33.6. The Morgan fingerprint density at radius 1 is 1.08 bits per heavy atom. The SMILES string of the molecule is O=C(N[C@@H]1CCC[C@@H](O)C1)c1sc2nccc3c2c1NC(=O)N3c1ccc(Oc2ccccc2)cc1. The van der Waals surface area contributed by atoms with E-state index in [0.29, 0.717) is 38.9 Å². The summed E-state index contributed by atoms with van der Waals surface area (Å²) in [6.45, 7) is 0. The van der Waals surface area contributed by atoms with Gasteiger partial charge in [0.1, 0.15) is 21.2 Å². The van der Waals surface area contributed by atoms with E-state index >= 15 is 0 Å². The maximum atomic E-state index is 13.3. The zero-order valence-corrected chi connectivity index (χ0v) is 20.1. The molecule has 182 valence electrons. The Morgan fingerprint density at radius 2 is 1.86 bits per heavy atom. The van der Waals surface area contributed by atoms with Gasteiger partial charge in [-0.25, -0.2) is 9.78 Å². The summed E-state index contributed by atoms with van der Waals surface area (Å²) >= 11 is 1.26. The number of urea groups is 1. The fourth-order valence-electron chi connectivity index (χ4n) is 4.83. The monoisotopic (exact) mass is 500 g/mol. The van der Waals surface area contributed by atoms with Crippen LogP contribution in [0.4, 0.5) is 21.9 Å². The van der Waals surface area contributed by atoms with E-state index in [-0.39, 0.29) is 18.0 Å². The molecule has 2 atom stereocenters. The van der Waals surface area contributed by atoms with Gasteiger partial charge in [0.05, 0.1) is 28.6 Å². The Hall–Kier alpha value is -3.95. The second-order valence-corrected chi connectivity index (χ2v) is 9.98. The van der Waals surface area contributed by atoms with Crippen molar-refractivity contribution >= 4 is 50.6 Å². The van der Waals surface area contributed by atoms with E-state index in [1.165, 1.54) is 11.3 Å². The molecule has 1 aliphatic heterocycles. The molecular weight excluding hydrogens is 476 g/mol. The Kier molecular flexibility index (Phi) is 5.79. The number of carbonyl (C=O) groups is 2. The number of carbonyl (C=O) groups excluding carboxylic acids is 2. The van der Waals surface area contributed by atoms with Crippen LogP contribution < -0.4 is 20.3 Å². The van der Waals surface area contributed by atoms with E-state index in [4.69, 9.17) is 4.74 Å². The molecule has 0 bridgehead atoms. The number of hydrogen-bond acceptors (Lipinski definition) is 6. The summed E-state index contributed by atoms with van der Waals surface area (Å²) < 4.78 is 5.87. The first-order chi connectivity index (χ1) is 17.6. The first-order valence-electron chi connectivity index (χ1n) is 11.9. The van der Waals surface area contributed by atoms with Crippen molar-refractivity contribution in [3.63, 3.8) is 0 Å². The number of hydrogen-bond donors (Lipinski definition) is 3. The van der Waals surface area contributed by atoms with Crippen LogP contribution in [0.3, 0.4) is 0 Å². The second-order valence-electron chi connectivity index (χ2n) is 8.98. The molecule has 9 heteroatoms. The number of benzene rings is 2. The van der Waals surface area contributed by atoms with Crippen molar-refractivity contribution < 1.29 is 19.4 Å². The van der Waals surface area contributed by atoms with Crippen LogP contribution in [0.1, 0.15) is 35.4 Å². The van der Waals surface area contributed by atoms with Crippen LogP contribution in [0.5, 0.6) is 11.5 Å². The van der Waals surface area contributed by atoms with Crippen LogP contribution in [0, 0.1) is 0 Å². The van der Waals surface area contributed by atoms with Crippen molar-refractivity contribution in [3.8, 4) is 11.5 Å². The summed E-state index contributed by atoms with van der Waals surface area (Å²) in [5, 5.41) is 16.6. The number of nitrogens with one attached hydrogen (secondary N) is 2. The van der Waals surface area contributed by atoms with Gasteiger partial charge in [-0.3, -0.25) is 9.69 Å². The minimum absolute atomic E-state index is 0.0847. The fourth-order valence-corrected chi connectivity index (χ4v) is 5.86. The van der Waals surface area contributed by atoms with Crippen LogP contribution in [0.15, 0.2) is 66.9 Å². The third kappa shape index (κ3) is 4.16. The number of rotatable bonds is 5. The lowest BCUT2D eigenvalue weighted by Gasteiger charge is -2.29. The van der Waals surface area contributed by atoms with Crippen LogP contribution >= 0.6 is 11.3 Å². The molecule has 1 fully saturated rings. The number of para-hydroxylation sites is 1. The average Bonchev–Trinajstić information content (AvgIpc) is 3.25. The number of aromatic nitrogens is 1. The third-order valence-electron chi connectivity index (χ3n) is 6.51. The molecule has 36 heavy (non-hydrogen) atoms. The molecule has 4 aromatic rings. The minimum atomic E-state index is -0.393. The summed E-state index contributed by atoms with van der Waals surface area (Å²) in [6.07, 6.45) is 4.26. The molecule has 3 N–H and O–H groups in total. The summed E-state index contributed by atoms with van der Waals surface area (Å²) in [5.74, 6) is 1.13. The second kappa shape index (κ2) is 9.25. The molecule has 0 spiro atoms. The van der Waals surface area contributed by atoms with Crippen LogP contribution in [0.2, 0.25) is 0 Å². The standard InChI is InChI=1S/C27H24N4O4S/c32-18-6-4-5-16(15-18)29-25(33)24-23-22-21(13-14-28-26(22)36-24)31(27(34)30-23)17-9-11-20(12-10-17)35-19-7-2-1-3-8-19/h1-3,7-14,16,18,32H,4-6,15H2,(H,29,33)(H,30,34)/t16-,18-/m1/s1. The zero-order valence-electron chi connectivity index (χ0n) is 19.3. The highest BCUT2D eigenvalue weighted by atomic mass is 32.1. The summed E-state index contributed by atoms with van der Waals surface area (Å²) in [7, 11) is 0. The summed E-state index contributed by atoms with van der Waals surface area (Å²) in [5.41, 5.74) is 1.82. The maximum Gasteiger partial charge on any atom is 0.331 e. The van der Waals surface area contributed by atoms with Crippen LogP contribution in [-0.4, -0.2) is 34.2 Å². The maximum absolute atomic E-state index is 13.3. The zero-order chi connectivity index (χ0) is 24.6. The highest BCUT2D eigenvalue weighted by molar-refractivity contribution is 7.21. The lowest BCUT2D eigenvalue weighted by atomic mass is 9.93. The van der Waals surface area contributed by atoms with E-state index in [2.05, 4.69) is 15.6 Å². The lowest BCUT2D eigenvalue weighted by molar-refractivity contribution is 0.0854. The molecule has 6 rings (SSSR count). The predicted octanol–water partition coefficient (Wildman–Crippen LogP) is 5.81. The molecule has 1 aliphatic carbocycles. The van der Waals surface area contributed by atoms with Gasteiger partial charge in [0.25, 0.3) is 5.91 Å². The largest absolute Gasteiger partial charge is 0.457 e. The third-order valence-corrected chi connectivity index (χ3v) is 7.60. The Bertz CT molecular complexity index is 1440. The normalized spacial score (nSPS) is 19.1. The molecule has 3 amide bonds. The smallest absolute Gasteiger partial charge is 0.331 e. The number of pyridine rings is 1. The quantitative estimate of drug-likeness (QED) is 0.321. The number of amides is 3. The van der Waals surface area contributed by atoms with Crippen molar-refractivity contribution in [2.45, 2.75) is 37.8 Å². The number of aliphatic hydroxyl groups is 1. The van der Waals surface area contributed by atoms with Gasteiger partial charge in [0.15, 0.2) is 0 Å². The molecule has 0 radical (unpaired) electrons. The van der Waals surface area contributed by atoms with E-state index in [1.54, 1.807) is 17.2 Å². The molecule has 2 aromatic carbocycles. The van der Waals surface area contributed by atoms with Crippen molar-refractivity contribution in [2.24, 2.45) is 0 Å². The lowest BCUT2D eigenvalue weighted by Crippen LogP contribution is -2.40. The highest BCUT2D eigenvalue weighted by Gasteiger charge is 2.33. The van der Waals surface area contributed by atoms with Crippen molar-refractivity contribution in [2.75, 3.05) is 10.2 Å². The molecular formula is C27H24N4O4S.